The molecule has 1 fully saturated rings. The van der Waals surface area contributed by atoms with Crippen LogP contribution in [0.25, 0.3) is 0 Å². The quantitative estimate of drug-likeness (QED) is 0.543. The maximum Gasteiger partial charge on any atom is 0.229 e. The summed E-state index contributed by atoms with van der Waals surface area (Å²) in [7, 11) is 0. The van der Waals surface area contributed by atoms with Crippen molar-refractivity contribution in [2.24, 2.45) is 5.92 Å². The van der Waals surface area contributed by atoms with Crippen LogP contribution in [0, 0.1) is 5.92 Å². The average molecular weight is 465 g/mol. The lowest BCUT2D eigenvalue weighted by molar-refractivity contribution is -0.128. The molecular formula is C24H21BrN2O3. The summed E-state index contributed by atoms with van der Waals surface area (Å²) in [5, 5.41) is 2.91. The lowest BCUT2D eigenvalue weighted by atomic mass is 10.1. The number of halogens is 1. The molecule has 0 radical (unpaired) electrons. The van der Waals surface area contributed by atoms with Gasteiger partial charge in [0.1, 0.15) is 11.5 Å². The summed E-state index contributed by atoms with van der Waals surface area (Å²) in [6.45, 7) is 0.968. The molecule has 3 aromatic rings. The molecule has 152 valence electrons. The molecule has 0 unspecified atom stereocenters. The molecule has 0 bridgehead atoms. The summed E-state index contributed by atoms with van der Waals surface area (Å²) in [5.74, 6) is 0.941. The number of nitrogens with zero attached hydrogens (tertiary/aromatic N) is 1. The molecule has 1 aliphatic heterocycles. The lowest BCUT2D eigenvalue weighted by Crippen LogP contribution is -2.28. The number of hydrogen-bond acceptors (Lipinski definition) is 3. The van der Waals surface area contributed by atoms with Crippen LogP contribution in [0.4, 0.5) is 5.69 Å². The largest absolute Gasteiger partial charge is 0.457 e. The van der Waals surface area contributed by atoms with E-state index in [1.54, 1.807) is 29.2 Å². The van der Waals surface area contributed by atoms with Gasteiger partial charge in [0.25, 0.3) is 0 Å². The highest BCUT2D eigenvalue weighted by Crippen LogP contribution is 2.26. The zero-order valence-corrected chi connectivity index (χ0v) is 17.8. The van der Waals surface area contributed by atoms with Gasteiger partial charge in [-0.3, -0.25) is 9.59 Å². The number of benzene rings is 3. The summed E-state index contributed by atoms with van der Waals surface area (Å²) in [5.41, 5.74) is 1.74. The molecule has 3 aromatic carbocycles. The fourth-order valence-electron chi connectivity index (χ4n) is 3.39. The smallest absolute Gasteiger partial charge is 0.229 e. The highest BCUT2D eigenvalue weighted by atomic mass is 79.9. The summed E-state index contributed by atoms with van der Waals surface area (Å²) in [6, 6.07) is 24.6. The van der Waals surface area contributed by atoms with E-state index in [1.807, 2.05) is 54.6 Å². The monoisotopic (exact) mass is 464 g/mol. The van der Waals surface area contributed by atoms with E-state index in [1.165, 1.54) is 0 Å². The minimum atomic E-state index is -0.347. The van der Waals surface area contributed by atoms with Gasteiger partial charge in [-0.1, -0.05) is 46.3 Å². The van der Waals surface area contributed by atoms with Crippen LogP contribution < -0.4 is 10.1 Å². The summed E-state index contributed by atoms with van der Waals surface area (Å²) in [4.78, 5) is 26.7. The zero-order valence-electron chi connectivity index (χ0n) is 16.3. The molecule has 0 aromatic heterocycles. The van der Waals surface area contributed by atoms with E-state index in [4.69, 9.17) is 4.74 Å². The molecule has 1 aliphatic rings. The number of likely N-dealkylation sites (tertiary alicyclic amines) is 1. The van der Waals surface area contributed by atoms with Gasteiger partial charge in [-0.2, -0.15) is 0 Å². The predicted octanol–water partition coefficient (Wildman–Crippen LogP) is 5.23. The molecule has 0 spiro atoms. The van der Waals surface area contributed by atoms with E-state index in [9.17, 15) is 9.59 Å². The number of rotatable bonds is 6. The van der Waals surface area contributed by atoms with Crippen LogP contribution in [0.1, 0.15) is 12.0 Å². The van der Waals surface area contributed by atoms with E-state index < -0.39 is 0 Å². The first kappa shape index (κ1) is 20.2. The van der Waals surface area contributed by atoms with Crippen molar-refractivity contribution in [3.8, 4) is 11.5 Å². The Morgan fingerprint density at radius 2 is 1.60 bits per heavy atom. The normalized spacial score (nSPS) is 15.8. The van der Waals surface area contributed by atoms with Gasteiger partial charge < -0.3 is 15.0 Å². The highest BCUT2D eigenvalue weighted by Gasteiger charge is 2.34. The zero-order chi connectivity index (χ0) is 20.9. The summed E-state index contributed by atoms with van der Waals surface area (Å²) >= 11 is 3.40. The van der Waals surface area contributed by atoms with Gasteiger partial charge in [-0.05, 0) is 54.1 Å². The molecule has 2 amide bonds. The van der Waals surface area contributed by atoms with Crippen molar-refractivity contribution < 1.29 is 14.3 Å². The Morgan fingerprint density at radius 3 is 2.27 bits per heavy atom. The Kier molecular flexibility index (Phi) is 6.14. The Labute approximate surface area is 183 Å². The maximum atomic E-state index is 12.6. The number of carbonyl (C=O) groups excluding carboxylic acids is 2. The van der Waals surface area contributed by atoms with Crippen molar-refractivity contribution in [3.63, 3.8) is 0 Å². The second-order valence-electron chi connectivity index (χ2n) is 7.23. The number of anilines is 1. The molecule has 30 heavy (non-hydrogen) atoms. The Hall–Kier alpha value is -3.12. The third-order valence-electron chi connectivity index (χ3n) is 4.97. The molecule has 1 atom stereocenters. The number of hydrogen-bond donors (Lipinski definition) is 1. The van der Waals surface area contributed by atoms with E-state index in [0.717, 1.165) is 15.8 Å². The highest BCUT2D eigenvalue weighted by molar-refractivity contribution is 9.10. The van der Waals surface area contributed by atoms with Crippen molar-refractivity contribution in [1.82, 2.24) is 4.90 Å². The number of nitrogens with one attached hydrogen (secondary N) is 1. The van der Waals surface area contributed by atoms with Crippen LogP contribution in [0.15, 0.2) is 83.3 Å². The molecular weight excluding hydrogens is 444 g/mol. The van der Waals surface area contributed by atoms with Gasteiger partial charge in [0.2, 0.25) is 11.8 Å². The van der Waals surface area contributed by atoms with Crippen molar-refractivity contribution in [1.29, 1.82) is 0 Å². The molecule has 5 nitrogen and oxygen atoms in total. The average Bonchev–Trinajstić information content (AvgIpc) is 3.12. The van der Waals surface area contributed by atoms with E-state index in [2.05, 4.69) is 21.2 Å². The molecule has 6 heteroatoms. The van der Waals surface area contributed by atoms with Gasteiger partial charge in [-0.25, -0.2) is 0 Å². The lowest BCUT2D eigenvalue weighted by Gasteiger charge is -2.16. The SMILES string of the molecule is O=C(Nc1ccc(Oc2ccc(Br)cc2)cc1)[C@@H]1CC(=O)N(Cc2ccccc2)C1. The summed E-state index contributed by atoms with van der Waals surface area (Å²) < 4.78 is 6.78. The fourth-order valence-corrected chi connectivity index (χ4v) is 3.66. The first-order valence-electron chi connectivity index (χ1n) is 9.73. The molecule has 1 N–H and O–H groups in total. The van der Waals surface area contributed by atoms with Gasteiger partial charge in [-0.15, -0.1) is 0 Å². The van der Waals surface area contributed by atoms with Crippen LogP contribution in [0.3, 0.4) is 0 Å². The first-order chi connectivity index (χ1) is 14.6. The Balaban J connectivity index is 1.32. The van der Waals surface area contributed by atoms with Gasteiger partial charge in [0, 0.05) is 29.7 Å². The van der Waals surface area contributed by atoms with Crippen molar-refractivity contribution in [2.75, 3.05) is 11.9 Å². The van der Waals surface area contributed by atoms with Crippen LogP contribution in [0.5, 0.6) is 11.5 Å². The van der Waals surface area contributed by atoms with Crippen molar-refractivity contribution >= 4 is 33.4 Å². The van der Waals surface area contributed by atoms with Gasteiger partial charge in [0.05, 0.1) is 5.92 Å². The topological polar surface area (TPSA) is 58.6 Å². The third kappa shape index (κ3) is 5.07. The Morgan fingerprint density at radius 1 is 0.967 bits per heavy atom. The molecule has 1 saturated heterocycles. The second kappa shape index (κ2) is 9.13. The first-order valence-corrected chi connectivity index (χ1v) is 10.5. The van der Waals surface area contributed by atoms with Crippen LogP contribution in [-0.2, 0) is 16.1 Å². The third-order valence-corrected chi connectivity index (χ3v) is 5.50. The molecule has 0 saturated carbocycles. The molecule has 0 aliphatic carbocycles. The number of amides is 2. The van der Waals surface area contributed by atoms with Crippen molar-refractivity contribution in [3.05, 3.63) is 88.9 Å². The minimum Gasteiger partial charge on any atom is -0.457 e. The predicted molar refractivity (Wildman–Crippen MR) is 119 cm³/mol. The maximum absolute atomic E-state index is 12.6. The van der Waals surface area contributed by atoms with E-state index in [0.29, 0.717) is 24.5 Å². The fraction of sp³-hybridized carbons (Fsp3) is 0.167. The van der Waals surface area contributed by atoms with Gasteiger partial charge >= 0.3 is 0 Å². The van der Waals surface area contributed by atoms with Gasteiger partial charge in [0.15, 0.2) is 0 Å². The number of ether oxygens (including phenoxy) is 1. The van der Waals surface area contributed by atoms with Crippen LogP contribution in [-0.4, -0.2) is 23.3 Å². The second-order valence-corrected chi connectivity index (χ2v) is 8.15. The van der Waals surface area contributed by atoms with E-state index >= 15 is 0 Å². The van der Waals surface area contributed by atoms with E-state index in [-0.39, 0.29) is 24.2 Å². The van der Waals surface area contributed by atoms with Crippen LogP contribution >= 0.6 is 15.9 Å². The van der Waals surface area contributed by atoms with Crippen molar-refractivity contribution in [2.45, 2.75) is 13.0 Å². The number of carbonyl (C=O) groups is 2. The molecule has 4 rings (SSSR count). The molecule has 1 heterocycles. The minimum absolute atomic E-state index is 0.0113. The standard InChI is InChI=1S/C24H21BrN2O3/c25-19-6-10-21(11-7-19)30-22-12-8-20(9-13-22)26-24(29)18-14-23(28)27(16-18)15-17-4-2-1-3-5-17/h1-13,18H,14-16H2,(H,26,29)/t18-/m1/s1. The van der Waals surface area contributed by atoms with Crippen LogP contribution in [0.2, 0.25) is 0 Å². The Bertz CT molecular complexity index is 1020. The summed E-state index contributed by atoms with van der Waals surface area (Å²) in [6.07, 6.45) is 0.240.